The number of para-hydroxylation sites is 1. The number of fused-ring (bicyclic) bond motifs is 1. The molecule has 2 fully saturated rings. The maximum Gasteiger partial charge on any atom is 0.311 e. The van der Waals surface area contributed by atoms with Crippen LogP contribution in [0.5, 0.6) is 0 Å². The van der Waals surface area contributed by atoms with E-state index in [9.17, 15) is 9.59 Å². The second-order valence-corrected chi connectivity index (χ2v) is 6.92. The number of hydrogen-bond donors (Lipinski definition) is 1. The number of benzene rings is 1. The van der Waals surface area contributed by atoms with Crippen molar-refractivity contribution in [3.05, 3.63) is 36.0 Å². The summed E-state index contributed by atoms with van der Waals surface area (Å²) in [6.45, 7) is 1.70. The van der Waals surface area contributed by atoms with E-state index in [4.69, 9.17) is 4.74 Å². The van der Waals surface area contributed by atoms with Gasteiger partial charge >= 0.3 is 5.97 Å². The van der Waals surface area contributed by atoms with E-state index in [1.165, 1.54) is 18.2 Å². The van der Waals surface area contributed by atoms with Gasteiger partial charge in [0.25, 0.3) is 0 Å². The molecule has 1 aromatic heterocycles. The van der Waals surface area contributed by atoms with Gasteiger partial charge in [-0.2, -0.15) is 0 Å². The van der Waals surface area contributed by atoms with Gasteiger partial charge in [-0.25, -0.2) is 0 Å². The lowest BCUT2D eigenvalue weighted by atomic mass is 10.1. The van der Waals surface area contributed by atoms with E-state index in [2.05, 4.69) is 11.1 Å². The van der Waals surface area contributed by atoms with Gasteiger partial charge in [0.2, 0.25) is 5.91 Å². The summed E-state index contributed by atoms with van der Waals surface area (Å²) in [4.78, 5) is 29.3. The fraction of sp³-hybridized carbons (Fsp3) is 0.474. The van der Waals surface area contributed by atoms with Gasteiger partial charge in [0.15, 0.2) is 0 Å². The number of nitrogens with one attached hydrogen (secondary N) is 1. The normalized spacial score (nSPS) is 20.8. The zero-order valence-electron chi connectivity index (χ0n) is 13.7. The Hall–Kier alpha value is -2.30. The number of likely N-dealkylation sites (tertiary alicyclic amines) is 1. The Balaban J connectivity index is 1.28. The number of ether oxygens (including phenoxy) is 1. The summed E-state index contributed by atoms with van der Waals surface area (Å²) in [7, 11) is 0. The summed E-state index contributed by atoms with van der Waals surface area (Å²) in [5.41, 5.74) is 2.24. The largest absolute Gasteiger partial charge is 0.465 e. The van der Waals surface area contributed by atoms with Gasteiger partial charge in [-0.1, -0.05) is 18.2 Å². The molecule has 2 heterocycles. The maximum absolute atomic E-state index is 12.2. The van der Waals surface area contributed by atoms with Crippen molar-refractivity contribution < 1.29 is 14.3 Å². The van der Waals surface area contributed by atoms with E-state index in [1.807, 2.05) is 29.3 Å². The molecule has 1 N–H and O–H groups in total. The second-order valence-electron chi connectivity index (χ2n) is 6.92. The first-order valence-electron chi connectivity index (χ1n) is 8.70. The summed E-state index contributed by atoms with van der Waals surface area (Å²) >= 11 is 0. The van der Waals surface area contributed by atoms with Crippen molar-refractivity contribution in [2.45, 2.75) is 25.7 Å². The van der Waals surface area contributed by atoms with E-state index < -0.39 is 0 Å². The van der Waals surface area contributed by atoms with Crippen molar-refractivity contribution in [2.75, 3.05) is 19.7 Å². The molecule has 1 atom stereocenters. The molecule has 1 saturated heterocycles. The number of esters is 1. The highest BCUT2D eigenvalue weighted by atomic mass is 16.5. The van der Waals surface area contributed by atoms with Crippen molar-refractivity contribution in [2.24, 2.45) is 11.8 Å². The third kappa shape index (κ3) is 3.16. The van der Waals surface area contributed by atoms with E-state index in [-0.39, 0.29) is 17.8 Å². The standard InChI is InChI=1S/C19H22N2O3/c22-18-9-15(12-21(18)11-13-5-6-13)19(23)24-8-7-14-10-20-17-4-2-1-3-16(14)17/h1-4,10,13,15,20H,5-9,11-12H2. The van der Waals surface area contributed by atoms with Crippen molar-refractivity contribution in [3.63, 3.8) is 0 Å². The molecule has 5 nitrogen and oxygen atoms in total. The molecule has 4 rings (SSSR count). The number of carbonyl (C=O) groups excluding carboxylic acids is 2. The van der Waals surface area contributed by atoms with Crippen LogP contribution in [0.4, 0.5) is 0 Å². The Morgan fingerprint density at radius 3 is 2.96 bits per heavy atom. The van der Waals surface area contributed by atoms with Gasteiger partial charge in [0.05, 0.1) is 12.5 Å². The van der Waals surface area contributed by atoms with Crippen LogP contribution < -0.4 is 0 Å². The van der Waals surface area contributed by atoms with Crippen LogP contribution in [0.25, 0.3) is 10.9 Å². The van der Waals surface area contributed by atoms with E-state index >= 15 is 0 Å². The molecule has 1 amide bonds. The number of hydrogen-bond acceptors (Lipinski definition) is 3. The monoisotopic (exact) mass is 326 g/mol. The molecule has 5 heteroatoms. The van der Waals surface area contributed by atoms with Crippen LogP contribution in [0.3, 0.4) is 0 Å². The predicted molar refractivity (Wildman–Crippen MR) is 90.4 cm³/mol. The fourth-order valence-electron chi connectivity index (χ4n) is 3.44. The van der Waals surface area contributed by atoms with Crippen LogP contribution in [-0.2, 0) is 20.7 Å². The Morgan fingerprint density at radius 2 is 2.12 bits per heavy atom. The molecular weight excluding hydrogens is 304 g/mol. The SMILES string of the molecule is O=C(OCCc1c[nH]c2ccccc12)C1CC(=O)N(CC2CC2)C1. The third-order valence-corrected chi connectivity index (χ3v) is 5.01. The smallest absolute Gasteiger partial charge is 0.311 e. The van der Waals surface area contributed by atoms with Crippen LogP contribution in [0, 0.1) is 11.8 Å². The number of aromatic amines is 1. The van der Waals surface area contributed by atoms with Crippen molar-refractivity contribution in [3.8, 4) is 0 Å². The van der Waals surface area contributed by atoms with Crippen molar-refractivity contribution in [1.82, 2.24) is 9.88 Å². The number of nitrogens with zero attached hydrogens (tertiary/aromatic N) is 1. The van der Waals surface area contributed by atoms with Gasteiger partial charge in [-0.3, -0.25) is 9.59 Å². The first-order chi connectivity index (χ1) is 11.7. The lowest BCUT2D eigenvalue weighted by Gasteiger charge is -2.15. The Kier molecular flexibility index (Phi) is 4.00. The highest BCUT2D eigenvalue weighted by molar-refractivity contribution is 5.87. The molecule has 1 saturated carbocycles. The molecule has 2 aromatic rings. The average Bonchev–Trinajstić information content (AvgIpc) is 3.20. The zero-order valence-corrected chi connectivity index (χ0v) is 13.7. The molecule has 0 radical (unpaired) electrons. The average molecular weight is 326 g/mol. The van der Waals surface area contributed by atoms with Crippen LogP contribution in [0.1, 0.15) is 24.8 Å². The first-order valence-corrected chi connectivity index (χ1v) is 8.70. The molecule has 1 unspecified atom stereocenters. The summed E-state index contributed by atoms with van der Waals surface area (Å²) in [6, 6.07) is 8.09. The fourth-order valence-corrected chi connectivity index (χ4v) is 3.44. The summed E-state index contributed by atoms with van der Waals surface area (Å²) < 4.78 is 5.43. The molecule has 0 spiro atoms. The van der Waals surface area contributed by atoms with Crippen LogP contribution >= 0.6 is 0 Å². The molecule has 1 aromatic carbocycles. The van der Waals surface area contributed by atoms with E-state index in [0.717, 1.165) is 17.6 Å². The molecule has 2 aliphatic rings. The Bertz CT molecular complexity index is 763. The van der Waals surface area contributed by atoms with Gasteiger partial charge in [-0.05, 0) is 30.4 Å². The number of amides is 1. The number of H-pyrrole nitrogens is 1. The van der Waals surface area contributed by atoms with E-state index in [0.29, 0.717) is 31.9 Å². The first kappa shape index (κ1) is 15.2. The second kappa shape index (κ2) is 6.30. The number of aromatic nitrogens is 1. The molecule has 126 valence electrons. The summed E-state index contributed by atoms with van der Waals surface area (Å²) in [5.74, 6) is 0.228. The number of carbonyl (C=O) groups is 2. The summed E-state index contributed by atoms with van der Waals surface area (Å²) in [5, 5.41) is 1.17. The lowest BCUT2D eigenvalue weighted by molar-refractivity contribution is -0.148. The molecular formula is C19H22N2O3. The van der Waals surface area contributed by atoms with Gasteiger partial charge < -0.3 is 14.6 Å². The molecule has 1 aliphatic heterocycles. The molecule has 0 bridgehead atoms. The minimum Gasteiger partial charge on any atom is -0.465 e. The Labute approximate surface area is 141 Å². The van der Waals surface area contributed by atoms with E-state index in [1.54, 1.807) is 0 Å². The summed E-state index contributed by atoms with van der Waals surface area (Å²) in [6.07, 6.45) is 5.38. The maximum atomic E-state index is 12.2. The van der Waals surface area contributed by atoms with Crippen LogP contribution in [-0.4, -0.2) is 41.5 Å². The van der Waals surface area contributed by atoms with Gasteiger partial charge in [0, 0.05) is 43.0 Å². The van der Waals surface area contributed by atoms with Gasteiger partial charge in [0.1, 0.15) is 0 Å². The highest BCUT2D eigenvalue weighted by Crippen LogP contribution is 2.32. The Morgan fingerprint density at radius 1 is 1.29 bits per heavy atom. The quantitative estimate of drug-likeness (QED) is 0.830. The highest BCUT2D eigenvalue weighted by Gasteiger charge is 2.37. The van der Waals surface area contributed by atoms with Gasteiger partial charge in [-0.15, -0.1) is 0 Å². The molecule has 1 aliphatic carbocycles. The minimum atomic E-state index is -0.292. The predicted octanol–water partition coefficient (Wildman–Crippen LogP) is 2.51. The topological polar surface area (TPSA) is 62.4 Å². The van der Waals surface area contributed by atoms with Crippen molar-refractivity contribution in [1.29, 1.82) is 0 Å². The molecule has 24 heavy (non-hydrogen) atoms. The van der Waals surface area contributed by atoms with Crippen LogP contribution in [0.2, 0.25) is 0 Å². The lowest BCUT2D eigenvalue weighted by Crippen LogP contribution is -2.28. The zero-order chi connectivity index (χ0) is 16.5. The third-order valence-electron chi connectivity index (χ3n) is 5.01. The minimum absolute atomic E-state index is 0.0977. The van der Waals surface area contributed by atoms with Crippen LogP contribution in [0.15, 0.2) is 30.5 Å². The van der Waals surface area contributed by atoms with Crippen molar-refractivity contribution >= 4 is 22.8 Å². The number of rotatable bonds is 6.